The normalized spacial score (nSPS) is 15.9. The Hall–Kier alpha value is -1.31. The fourth-order valence-electron chi connectivity index (χ4n) is 2.69. The first-order chi connectivity index (χ1) is 12.3. The number of rotatable bonds is 9. The molecule has 1 heterocycles. The van der Waals surface area contributed by atoms with Crippen LogP contribution in [-0.4, -0.2) is 52.6 Å². The molecule has 1 aliphatic heterocycles. The first-order valence-electron chi connectivity index (χ1n) is 9.45. The molecule has 1 fully saturated rings. The van der Waals surface area contributed by atoms with Crippen LogP contribution in [0.4, 0.5) is 11.4 Å². The van der Waals surface area contributed by atoms with Crippen LogP contribution in [-0.2, 0) is 14.8 Å². The number of unbranched alkanes of at least 4 members (excludes halogenated alkanes) is 2. The third-order valence-corrected chi connectivity index (χ3v) is 6.72. The number of ether oxygens (including phenoxy) is 1. The molecule has 1 aliphatic rings. The molecule has 0 atom stereocenters. The number of nitrogens with one attached hydrogen (secondary N) is 2. The van der Waals surface area contributed by atoms with E-state index in [9.17, 15) is 8.42 Å². The summed E-state index contributed by atoms with van der Waals surface area (Å²) in [7, 11) is -3.22. The summed E-state index contributed by atoms with van der Waals surface area (Å²) in [5, 5.41) is 3.42. The van der Waals surface area contributed by atoms with Crippen LogP contribution in [0.2, 0.25) is 0 Å². The molecule has 0 radical (unpaired) electrons. The van der Waals surface area contributed by atoms with Gasteiger partial charge in [-0.2, -0.15) is 0 Å². The van der Waals surface area contributed by atoms with E-state index in [4.69, 9.17) is 4.74 Å². The minimum atomic E-state index is -3.22. The Morgan fingerprint density at radius 2 is 1.62 bits per heavy atom. The molecule has 1 aromatic rings. The van der Waals surface area contributed by atoms with Crippen LogP contribution in [0.1, 0.15) is 40.0 Å². The summed E-state index contributed by atoms with van der Waals surface area (Å²) >= 11 is 0. The number of sulfonamides is 1. The van der Waals surface area contributed by atoms with Gasteiger partial charge in [-0.1, -0.05) is 6.42 Å². The highest BCUT2D eigenvalue weighted by molar-refractivity contribution is 7.90. The van der Waals surface area contributed by atoms with E-state index in [2.05, 4.69) is 39.2 Å². The third kappa shape index (κ3) is 6.45. The SMILES string of the molecule is CC(C)(C)S(=O)(=O)NCCCCCNc1ccc(N2CCOCC2)cc1. The van der Waals surface area contributed by atoms with Crippen LogP contribution >= 0.6 is 0 Å². The molecule has 26 heavy (non-hydrogen) atoms. The largest absolute Gasteiger partial charge is 0.385 e. The highest BCUT2D eigenvalue weighted by atomic mass is 32.2. The molecule has 0 aliphatic carbocycles. The summed E-state index contributed by atoms with van der Waals surface area (Å²) in [6, 6.07) is 8.52. The van der Waals surface area contributed by atoms with Crippen molar-refractivity contribution >= 4 is 21.4 Å². The molecular formula is C19H33N3O3S. The molecule has 148 valence electrons. The summed E-state index contributed by atoms with van der Waals surface area (Å²) < 4.78 is 31.2. The Morgan fingerprint density at radius 1 is 1.00 bits per heavy atom. The van der Waals surface area contributed by atoms with Crippen LogP contribution in [0, 0.1) is 0 Å². The molecule has 6 nitrogen and oxygen atoms in total. The lowest BCUT2D eigenvalue weighted by Crippen LogP contribution is -2.39. The minimum Gasteiger partial charge on any atom is -0.385 e. The van der Waals surface area contributed by atoms with Crippen molar-refractivity contribution in [1.82, 2.24) is 4.72 Å². The van der Waals surface area contributed by atoms with E-state index in [1.165, 1.54) is 5.69 Å². The summed E-state index contributed by atoms with van der Waals surface area (Å²) in [6.07, 6.45) is 2.86. The average molecular weight is 384 g/mol. The molecule has 0 aromatic heterocycles. The lowest BCUT2D eigenvalue weighted by Gasteiger charge is -2.28. The van der Waals surface area contributed by atoms with Crippen LogP contribution in [0.25, 0.3) is 0 Å². The molecule has 7 heteroatoms. The highest BCUT2D eigenvalue weighted by Crippen LogP contribution is 2.19. The zero-order chi connectivity index (χ0) is 19.0. The smallest absolute Gasteiger partial charge is 0.216 e. The van der Waals surface area contributed by atoms with Gasteiger partial charge in [0.15, 0.2) is 0 Å². The van der Waals surface area contributed by atoms with E-state index in [1.807, 2.05) is 0 Å². The second-order valence-corrected chi connectivity index (χ2v) is 10.2. The zero-order valence-electron chi connectivity index (χ0n) is 16.3. The number of morpholine rings is 1. The molecule has 0 amide bonds. The van der Waals surface area contributed by atoms with E-state index in [0.29, 0.717) is 6.54 Å². The van der Waals surface area contributed by atoms with Crippen LogP contribution < -0.4 is 14.9 Å². The Balaban J connectivity index is 1.60. The summed E-state index contributed by atoms with van der Waals surface area (Å²) in [6.45, 7) is 10.0. The van der Waals surface area contributed by atoms with Crippen LogP contribution in [0.3, 0.4) is 0 Å². The Labute approximate surface area is 158 Å². The van der Waals surface area contributed by atoms with Crippen molar-refractivity contribution in [3.63, 3.8) is 0 Å². The van der Waals surface area contributed by atoms with Gasteiger partial charge in [-0.05, 0) is 57.9 Å². The molecule has 0 spiro atoms. The fraction of sp³-hybridized carbons (Fsp3) is 0.684. The van der Waals surface area contributed by atoms with E-state index in [1.54, 1.807) is 20.8 Å². The standard InChI is InChI=1S/C19H33N3O3S/c1-19(2,3)26(23,24)21-12-6-4-5-11-20-17-7-9-18(10-8-17)22-13-15-25-16-14-22/h7-10,20-21H,4-6,11-16H2,1-3H3. The molecule has 1 aromatic carbocycles. The van der Waals surface area contributed by atoms with Gasteiger partial charge >= 0.3 is 0 Å². The fourth-order valence-corrected chi connectivity index (χ4v) is 3.54. The zero-order valence-corrected chi connectivity index (χ0v) is 17.1. The molecule has 0 bridgehead atoms. The Kier molecular flexibility index (Phi) is 7.73. The van der Waals surface area contributed by atoms with Crippen LogP contribution in [0.15, 0.2) is 24.3 Å². The van der Waals surface area contributed by atoms with E-state index >= 15 is 0 Å². The third-order valence-electron chi connectivity index (χ3n) is 4.52. The van der Waals surface area contributed by atoms with Crippen molar-refractivity contribution in [2.45, 2.75) is 44.8 Å². The topological polar surface area (TPSA) is 70.7 Å². The number of hydrogen-bond donors (Lipinski definition) is 2. The number of benzene rings is 1. The van der Waals surface area contributed by atoms with Gasteiger partial charge in [0.05, 0.1) is 18.0 Å². The van der Waals surface area contributed by atoms with Gasteiger partial charge in [0.25, 0.3) is 0 Å². The molecular weight excluding hydrogens is 350 g/mol. The van der Waals surface area contributed by atoms with Crippen LogP contribution in [0.5, 0.6) is 0 Å². The van der Waals surface area contributed by atoms with Crippen molar-refractivity contribution in [3.05, 3.63) is 24.3 Å². The van der Waals surface area contributed by atoms with E-state index in [-0.39, 0.29) is 0 Å². The number of nitrogens with zero attached hydrogens (tertiary/aromatic N) is 1. The van der Waals surface area contributed by atoms with Crippen molar-refractivity contribution < 1.29 is 13.2 Å². The van der Waals surface area contributed by atoms with Gasteiger partial charge in [-0.3, -0.25) is 0 Å². The van der Waals surface area contributed by atoms with Gasteiger partial charge in [-0.25, -0.2) is 13.1 Å². The van der Waals surface area contributed by atoms with Gasteiger partial charge in [0.2, 0.25) is 10.0 Å². The number of hydrogen-bond acceptors (Lipinski definition) is 5. The highest BCUT2D eigenvalue weighted by Gasteiger charge is 2.27. The van der Waals surface area contributed by atoms with Crippen molar-refractivity contribution in [2.24, 2.45) is 0 Å². The second-order valence-electron chi connectivity index (χ2n) is 7.64. The summed E-state index contributed by atoms with van der Waals surface area (Å²) in [5.41, 5.74) is 2.36. The van der Waals surface area contributed by atoms with Gasteiger partial charge in [-0.15, -0.1) is 0 Å². The first-order valence-corrected chi connectivity index (χ1v) is 10.9. The predicted octanol–water partition coefficient (Wildman–Crippen LogP) is 2.82. The monoisotopic (exact) mass is 383 g/mol. The molecule has 2 N–H and O–H groups in total. The van der Waals surface area contributed by atoms with Gasteiger partial charge in [0.1, 0.15) is 0 Å². The Morgan fingerprint density at radius 3 is 2.23 bits per heavy atom. The lowest BCUT2D eigenvalue weighted by atomic mass is 10.2. The molecule has 1 saturated heterocycles. The molecule has 0 saturated carbocycles. The van der Waals surface area contributed by atoms with Crippen molar-refractivity contribution in [3.8, 4) is 0 Å². The maximum Gasteiger partial charge on any atom is 0.216 e. The maximum absolute atomic E-state index is 11.9. The maximum atomic E-state index is 11.9. The van der Waals surface area contributed by atoms with Gasteiger partial charge < -0.3 is 15.0 Å². The summed E-state index contributed by atoms with van der Waals surface area (Å²) in [4.78, 5) is 2.34. The quantitative estimate of drug-likeness (QED) is 0.642. The molecule has 0 unspecified atom stereocenters. The van der Waals surface area contributed by atoms with Crippen molar-refractivity contribution in [1.29, 1.82) is 0 Å². The lowest BCUT2D eigenvalue weighted by molar-refractivity contribution is 0.122. The van der Waals surface area contributed by atoms with E-state index < -0.39 is 14.8 Å². The Bertz CT molecular complexity index is 633. The van der Waals surface area contributed by atoms with Gasteiger partial charge in [0, 0.05) is 37.6 Å². The molecule has 2 rings (SSSR count). The van der Waals surface area contributed by atoms with Crippen molar-refractivity contribution in [2.75, 3.05) is 49.6 Å². The predicted molar refractivity (Wildman–Crippen MR) is 108 cm³/mol. The first kappa shape index (κ1) is 21.0. The second kappa shape index (κ2) is 9.58. The number of anilines is 2. The minimum absolute atomic E-state index is 0.508. The summed E-state index contributed by atoms with van der Waals surface area (Å²) in [5.74, 6) is 0. The average Bonchev–Trinajstić information content (AvgIpc) is 2.61. The van der Waals surface area contributed by atoms with E-state index in [0.717, 1.165) is 57.8 Å².